The number of hydrogen-bond acceptors (Lipinski definition) is 4. The molecule has 0 amide bonds. The molecular formula is C25H26N2O2. The summed E-state index contributed by atoms with van der Waals surface area (Å²) in [6.45, 7) is 3.05. The lowest BCUT2D eigenvalue weighted by Gasteiger charge is -2.63. The monoisotopic (exact) mass is 386 g/mol. The van der Waals surface area contributed by atoms with Gasteiger partial charge in [-0.15, -0.1) is 0 Å². The molecule has 3 aliphatic rings. The van der Waals surface area contributed by atoms with Crippen LogP contribution in [0.25, 0.3) is 10.9 Å². The van der Waals surface area contributed by atoms with E-state index in [1.807, 2.05) is 12.1 Å². The highest BCUT2D eigenvalue weighted by Crippen LogP contribution is 2.57. The lowest BCUT2D eigenvalue weighted by molar-refractivity contribution is -0.145. The van der Waals surface area contributed by atoms with E-state index in [9.17, 15) is 10.2 Å². The van der Waals surface area contributed by atoms with E-state index < -0.39 is 11.0 Å². The summed E-state index contributed by atoms with van der Waals surface area (Å²) in [4.78, 5) is 7.40. The number of aliphatic hydroxyl groups is 1. The summed E-state index contributed by atoms with van der Waals surface area (Å²) in [5.41, 5.74) is 5.65. The Labute approximate surface area is 170 Å². The highest BCUT2D eigenvalue weighted by molar-refractivity contribution is 5.80. The number of benzene rings is 2. The molecule has 4 nitrogen and oxygen atoms in total. The Bertz CT molecular complexity index is 1170. The van der Waals surface area contributed by atoms with Crippen molar-refractivity contribution in [3.8, 4) is 5.75 Å². The molecule has 29 heavy (non-hydrogen) atoms. The number of likely N-dealkylation sites (tertiary alicyclic amines) is 1. The number of hydrogen-bond donors (Lipinski definition) is 2. The van der Waals surface area contributed by atoms with Gasteiger partial charge in [0, 0.05) is 35.4 Å². The summed E-state index contributed by atoms with van der Waals surface area (Å²) in [5, 5.41) is 23.7. The van der Waals surface area contributed by atoms with E-state index in [1.54, 1.807) is 6.07 Å². The second-order valence-electron chi connectivity index (χ2n) is 9.44. The second kappa shape index (κ2) is 5.59. The van der Waals surface area contributed by atoms with Gasteiger partial charge in [-0.3, -0.25) is 4.98 Å². The van der Waals surface area contributed by atoms with Crippen molar-refractivity contribution in [2.45, 2.75) is 49.7 Å². The fraction of sp³-hybridized carbons (Fsp3) is 0.400. The normalized spacial score (nSPS) is 30.5. The summed E-state index contributed by atoms with van der Waals surface area (Å²) in [5.74, 6) is 0.283. The SMILES string of the molecule is Cc1ccc2cc3c(nc2c1)C[C@]12CCN(C)[C@H](Cc4ccc(O)cc41)[C@]2(O)C3. The van der Waals surface area contributed by atoms with E-state index in [2.05, 4.69) is 43.1 Å². The van der Waals surface area contributed by atoms with E-state index >= 15 is 0 Å². The first-order valence-corrected chi connectivity index (χ1v) is 10.5. The molecule has 2 aromatic carbocycles. The lowest BCUT2D eigenvalue weighted by Crippen LogP contribution is -2.73. The van der Waals surface area contributed by atoms with Crippen molar-refractivity contribution in [2.24, 2.45) is 0 Å². The molecule has 0 unspecified atom stereocenters. The molecule has 6 rings (SSSR count). The molecule has 1 fully saturated rings. The number of piperidine rings is 1. The topological polar surface area (TPSA) is 56.6 Å². The van der Waals surface area contributed by atoms with Gasteiger partial charge < -0.3 is 15.1 Å². The Hall–Kier alpha value is -2.43. The molecule has 2 aliphatic carbocycles. The summed E-state index contributed by atoms with van der Waals surface area (Å²) in [7, 11) is 2.13. The number of aromatic hydroxyl groups is 1. The van der Waals surface area contributed by atoms with Crippen LogP contribution in [0, 0.1) is 6.92 Å². The minimum absolute atomic E-state index is 0.0788. The van der Waals surface area contributed by atoms with E-state index in [0.717, 1.165) is 48.0 Å². The van der Waals surface area contributed by atoms with Crippen molar-refractivity contribution in [1.82, 2.24) is 9.88 Å². The van der Waals surface area contributed by atoms with Crippen LogP contribution in [-0.2, 0) is 24.7 Å². The van der Waals surface area contributed by atoms with Crippen molar-refractivity contribution < 1.29 is 10.2 Å². The third kappa shape index (κ3) is 2.19. The van der Waals surface area contributed by atoms with Gasteiger partial charge in [-0.25, -0.2) is 0 Å². The maximum Gasteiger partial charge on any atom is 0.115 e. The highest BCUT2D eigenvalue weighted by Gasteiger charge is 2.64. The van der Waals surface area contributed by atoms with Crippen molar-refractivity contribution >= 4 is 10.9 Å². The maximum absolute atomic E-state index is 12.3. The molecule has 2 bridgehead atoms. The van der Waals surface area contributed by atoms with Crippen LogP contribution in [0.15, 0.2) is 42.5 Å². The minimum atomic E-state index is -0.853. The van der Waals surface area contributed by atoms with Crippen LogP contribution < -0.4 is 0 Å². The number of likely N-dealkylation sites (N-methyl/N-ethyl adjacent to an activating group) is 1. The largest absolute Gasteiger partial charge is 0.508 e. The number of aromatic nitrogens is 1. The number of nitrogens with zero attached hydrogens (tertiary/aromatic N) is 2. The van der Waals surface area contributed by atoms with E-state index in [0.29, 0.717) is 6.42 Å². The van der Waals surface area contributed by atoms with Crippen molar-refractivity contribution in [2.75, 3.05) is 13.6 Å². The van der Waals surface area contributed by atoms with Crippen molar-refractivity contribution in [1.29, 1.82) is 0 Å². The summed E-state index contributed by atoms with van der Waals surface area (Å²) < 4.78 is 0. The molecular weight excluding hydrogens is 360 g/mol. The van der Waals surface area contributed by atoms with Gasteiger partial charge in [-0.1, -0.05) is 18.2 Å². The van der Waals surface area contributed by atoms with Gasteiger partial charge in [-0.05, 0) is 79.9 Å². The van der Waals surface area contributed by atoms with Gasteiger partial charge in [0.25, 0.3) is 0 Å². The van der Waals surface area contributed by atoms with Gasteiger partial charge in [0.2, 0.25) is 0 Å². The van der Waals surface area contributed by atoms with Crippen LogP contribution in [0.5, 0.6) is 5.75 Å². The molecule has 1 aliphatic heterocycles. The molecule has 0 saturated carbocycles. The quantitative estimate of drug-likeness (QED) is 0.623. The Morgan fingerprint density at radius 2 is 1.93 bits per heavy atom. The average Bonchev–Trinajstić information content (AvgIpc) is 2.68. The minimum Gasteiger partial charge on any atom is -0.508 e. The van der Waals surface area contributed by atoms with Gasteiger partial charge >= 0.3 is 0 Å². The van der Waals surface area contributed by atoms with Crippen LogP contribution >= 0.6 is 0 Å². The number of aryl methyl sites for hydroxylation is 1. The van der Waals surface area contributed by atoms with Gasteiger partial charge in [-0.2, -0.15) is 0 Å². The number of pyridine rings is 1. The zero-order valence-corrected chi connectivity index (χ0v) is 16.9. The smallest absolute Gasteiger partial charge is 0.115 e. The van der Waals surface area contributed by atoms with Crippen LogP contribution in [0.3, 0.4) is 0 Å². The van der Waals surface area contributed by atoms with Crippen molar-refractivity contribution in [3.63, 3.8) is 0 Å². The Kier molecular flexibility index (Phi) is 3.36. The molecule has 3 atom stereocenters. The molecule has 1 saturated heterocycles. The van der Waals surface area contributed by atoms with Crippen LogP contribution in [0.1, 0.15) is 34.4 Å². The molecule has 148 valence electrons. The highest BCUT2D eigenvalue weighted by atomic mass is 16.3. The van der Waals surface area contributed by atoms with Gasteiger partial charge in [0.05, 0.1) is 11.1 Å². The van der Waals surface area contributed by atoms with Gasteiger partial charge in [0.15, 0.2) is 0 Å². The van der Waals surface area contributed by atoms with Gasteiger partial charge in [0.1, 0.15) is 5.75 Å². The first-order valence-electron chi connectivity index (χ1n) is 10.5. The third-order valence-corrected chi connectivity index (χ3v) is 7.90. The maximum atomic E-state index is 12.3. The molecule has 4 heteroatoms. The Morgan fingerprint density at radius 1 is 1.07 bits per heavy atom. The summed E-state index contributed by atoms with van der Waals surface area (Å²) in [6, 6.07) is 14.4. The lowest BCUT2D eigenvalue weighted by atomic mass is 9.49. The van der Waals surface area contributed by atoms with Crippen LogP contribution in [0.4, 0.5) is 0 Å². The second-order valence-corrected chi connectivity index (χ2v) is 9.44. The fourth-order valence-corrected chi connectivity index (χ4v) is 6.38. The number of fused-ring (bicyclic) bond motifs is 3. The molecule has 2 N–H and O–H groups in total. The fourth-order valence-electron chi connectivity index (χ4n) is 6.38. The third-order valence-electron chi connectivity index (χ3n) is 7.90. The summed E-state index contributed by atoms with van der Waals surface area (Å²) in [6.07, 6.45) is 3.03. The molecule has 1 aromatic heterocycles. The van der Waals surface area contributed by atoms with Crippen molar-refractivity contribution in [3.05, 3.63) is 70.4 Å². The zero-order chi connectivity index (χ0) is 20.0. The number of phenols is 1. The number of rotatable bonds is 0. The standard InChI is InChI=1S/C25H26N2O2/c1-15-3-4-17-10-18-13-25(29)23-11-16-5-6-19(28)12-20(16)24(25,7-8-27(23)2)14-22(18)26-21(17)9-15/h3-6,9-10,12,23,28-29H,7-8,11,13-14H2,1-2H3/t23-,24-,25-/m1/s1. The van der Waals surface area contributed by atoms with E-state index in [4.69, 9.17) is 4.98 Å². The summed E-state index contributed by atoms with van der Waals surface area (Å²) >= 11 is 0. The Balaban J connectivity index is 1.61. The first kappa shape index (κ1) is 17.4. The predicted octanol–water partition coefficient (Wildman–Crippen LogP) is 3.28. The van der Waals surface area contributed by atoms with Crippen LogP contribution in [0.2, 0.25) is 0 Å². The molecule has 2 heterocycles. The first-order chi connectivity index (χ1) is 13.9. The number of phenolic OH excluding ortho intramolecular Hbond substituents is 1. The van der Waals surface area contributed by atoms with E-state index in [-0.39, 0.29) is 11.8 Å². The van der Waals surface area contributed by atoms with E-state index in [1.165, 1.54) is 16.7 Å². The Morgan fingerprint density at radius 3 is 2.79 bits per heavy atom. The predicted molar refractivity (Wildman–Crippen MR) is 113 cm³/mol. The molecule has 3 aromatic rings. The average molecular weight is 386 g/mol. The molecule has 0 spiro atoms. The zero-order valence-electron chi connectivity index (χ0n) is 16.9. The van der Waals surface area contributed by atoms with Crippen LogP contribution in [-0.4, -0.2) is 45.3 Å². The molecule has 0 radical (unpaired) electrons.